The highest BCUT2D eigenvalue weighted by atomic mass is 16.2. The molecule has 2 aliphatic rings. The third kappa shape index (κ3) is 4.77. The Morgan fingerprint density at radius 2 is 1.58 bits per heavy atom. The average molecular weight is 448 g/mol. The summed E-state index contributed by atoms with van der Waals surface area (Å²) in [5.74, 6) is 0.385. The van der Waals surface area contributed by atoms with Crippen LogP contribution in [0.25, 0.3) is 5.57 Å². The molecule has 33 heavy (non-hydrogen) atoms. The predicted octanol–water partition coefficient (Wildman–Crippen LogP) is 3.58. The van der Waals surface area contributed by atoms with Crippen molar-refractivity contribution in [3.63, 3.8) is 0 Å². The summed E-state index contributed by atoms with van der Waals surface area (Å²) in [6, 6.07) is 7.88. The smallest absolute Gasteiger partial charge is 0.277 e. The Kier molecular flexibility index (Phi) is 7.06. The van der Waals surface area contributed by atoms with Crippen molar-refractivity contribution in [2.45, 2.75) is 46.5 Å². The highest BCUT2D eigenvalue weighted by Crippen LogP contribution is 2.34. The van der Waals surface area contributed by atoms with Gasteiger partial charge in [-0.3, -0.25) is 14.5 Å². The molecule has 2 aromatic rings. The maximum atomic E-state index is 13.6. The Labute approximate surface area is 196 Å². The molecule has 4 rings (SSSR count). The summed E-state index contributed by atoms with van der Waals surface area (Å²) in [6.07, 6.45) is 7.59. The molecule has 1 saturated heterocycles. The minimum atomic E-state index is -0.160. The molecule has 1 fully saturated rings. The molecule has 0 saturated carbocycles. The second kappa shape index (κ2) is 10.1. The molecule has 0 atom stereocenters. The molecule has 0 unspecified atom stereocenters. The number of carbonyl (C=O) groups is 2. The summed E-state index contributed by atoms with van der Waals surface area (Å²) < 4.78 is 0. The molecule has 0 radical (unpaired) electrons. The Balaban J connectivity index is 1.61. The lowest BCUT2D eigenvalue weighted by atomic mass is 9.97. The van der Waals surface area contributed by atoms with E-state index in [1.165, 1.54) is 4.90 Å². The number of hydrogen-bond acceptors (Lipinski definition) is 6. The molecular weight excluding hydrogens is 414 g/mol. The first kappa shape index (κ1) is 23.0. The first-order valence-corrected chi connectivity index (χ1v) is 12.0. The third-order valence-electron chi connectivity index (χ3n) is 6.46. The first-order chi connectivity index (χ1) is 16.0. The van der Waals surface area contributed by atoms with E-state index < -0.39 is 0 Å². The second-order valence-corrected chi connectivity index (χ2v) is 8.89. The van der Waals surface area contributed by atoms with E-state index in [0.29, 0.717) is 49.9 Å². The van der Waals surface area contributed by atoms with E-state index in [0.717, 1.165) is 42.4 Å². The summed E-state index contributed by atoms with van der Waals surface area (Å²) in [7, 11) is 0. The van der Waals surface area contributed by atoms with Gasteiger partial charge in [0.1, 0.15) is 5.70 Å². The van der Waals surface area contributed by atoms with E-state index in [4.69, 9.17) is 0 Å². The number of nitrogens with zero attached hydrogens (tertiary/aromatic N) is 5. The molecule has 0 N–H and O–H groups in total. The number of unbranched alkanes of at least 4 members (excludes halogenated alkanes) is 3. The van der Waals surface area contributed by atoms with Gasteiger partial charge in [-0.15, -0.1) is 0 Å². The van der Waals surface area contributed by atoms with E-state index in [9.17, 15) is 9.59 Å². The number of benzene rings is 1. The van der Waals surface area contributed by atoms with Crippen LogP contribution < -0.4 is 4.90 Å². The fourth-order valence-electron chi connectivity index (χ4n) is 4.68. The van der Waals surface area contributed by atoms with Crippen molar-refractivity contribution in [3.8, 4) is 0 Å². The van der Waals surface area contributed by atoms with Gasteiger partial charge in [0, 0.05) is 45.1 Å². The van der Waals surface area contributed by atoms with E-state index in [1.807, 2.05) is 26.0 Å². The van der Waals surface area contributed by atoms with Crippen LogP contribution >= 0.6 is 0 Å². The number of amides is 2. The zero-order valence-electron chi connectivity index (χ0n) is 19.9. The van der Waals surface area contributed by atoms with E-state index in [1.54, 1.807) is 18.5 Å². The largest absolute Gasteiger partial charge is 0.363 e. The number of anilines is 1. The standard InChI is InChI=1S/C26H33N5O2/c1-4-5-6-7-13-31-24(32)22(21-10-9-19(2)18-20(21)3)23(25(31)33)29-14-16-30(17-15-29)26-27-11-8-12-28-26/h8-12,18H,4-7,13-17H2,1-3H3. The van der Waals surface area contributed by atoms with Crippen LogP contribution in [0.1, 0.15) is 49.3 Å². The average Bonchev–Trinajstić information content (AvgIpc) is 3.07. The third-order valence-corrected chi connectivity index (χ3v) is 6.46. The van der Waals surface area contributed by atoms with Crippen LogP contribution in [0.3, 0.4) is 0 Å². The Hall–Kier alpha value is -3.22. The fraction of sp³-hybridized carbons (Fsp3) is 0.462. The quantitative estimate of drug-likeness (QED) is 0.455. The van der Waals surface area contributed by atoms with Crippen molar-refractivity contribution in [1.82, 2.24) is 19.8 Å². The van der Waals surface area contributed by atoms with Crippen molar-refractivity contribution in [2.75, 3.05) is 37.6 Å². The fourth-order valence-corrected chi connectivity index (χ4v) is 4.68. The van der Waals surface area contributed by atoms with Crippen LogP contribution in [0.4, 0.5) is 5.95 Å². The van der Waals surface area contributed by atoms with Crippen LogP contribution in [-0.2, 0) is 9.59 Å². The van der Waals surface area contributed by atoms with Crippen molar-refractivity contribution in [2.24, 2.45) is 0 Å². The van der Waals surface area contributed by atoms with Crippen molar-refractivity contribution < 1.29 is 9.59 Å². The van der Waals surface area contributed by atoms with Crippen molar-refractivity contribution in [1.29, 1.82) is 0 Å². The van der Waals surface area contributed by atoms with Gasteiger partial charge in [0.05, 0.1) is 5.57 Å². The number of hydrogen-bond donors (Lipinski definition) is 0. The lowest BCUT2D eigenvalue weighted by Crippen LogP contribution is -2.48. The molecule has 7 heteroatoms. The van der Waals surface area contributed by atoms with Gasteiger partial charge < -0.3 is 9.80 Å². The van der Waals surface area contributed by atoms with Gasteiger partial charge in [0.25, 0.3) is 11.8 Å². The van der Waals surface area contributed by atoms with Gasteiger partial charge in [-0.05, 0) is 37.5 Å². The van der Waals surface area contributed by atoms with Crippen LogP contribution in [0.15, 0.2) is 42.4 Å². The van der Waals surface area contributed by atoms with Crippen molar-refractivity contribution >= 4 is 23.3 Å². The molecule has 0 bridgehead atoms. The van der Waals surface area contributed by atoms with Gasteiger partial charge in [0.15, 0.2) is 0 Å². The zero-order chi connectivity index (χ0) is 23.4. The molecule has 1 aromatic heterocycles. The van der Waals surface area contributed by atoms with E-state index in [2.05, 4.69) is 32.8 Å². The maximum Gasteiger partial charge on any atom is 0.277 e. The molecule has 0 aliphatic carbocycles. The lowest BCUT2D eigenvalue weighted by molar-refractivity contribution is -0.137. The molecule has 0 spiro atoms. The lowest BCUT2D eigenvalue weighted by Gasteiger charge is -2.36. The molecule has 174 valence electrons. The summed E-state index contributed by atoms with van der Waals surface area (Å²) in [5.41, 5.74) is 4.13. The number of aryl methyl sites for hydroxylation is 2. The molecule has 2 amide bonds. The predicted molar refractivity (Wildman–Crippen MR) is 130 cm³/mol. The monoisotopic (exact) mass is 447 g/mol. The van der Waals surface area contributed by atoms with Gasteiger partial charge in [-0.2, -0.15) is 0 Å². The highest BCUT2D eigenvalue weighted by molar-refractivity contribution is 6.35. The summed E-state index contributed by atoms with van der Waals surface area (Å²) in [5, 5.41) is 0. The molecule has 7 nitrogen and oxygen atoms in total. The van der Waals surface area contributed by atoms with Gasteiger partial charge in [-0.25, -0.2) is 9.97 Å². The molecule has 3 heterocycles. The first-order valence-electron chi connectivity index (χ1n) is 12.0. The van der Waals surface area contributed by atoms with Gasteiger partial charge in [-0.1, -0.05) is 49.9 Å². The second-order valence-electron chi connectivity index (χ2n) is 8.89. The van der Waals surface area contributed by atoms with Crippen LogP contribution in [0, 0.1) is 13.8 Å². The van der Waals surface area contributed by atoms with Crippen molar-refractivity contribution in [3.05, 3.63) is 59.0 Å². The molecular formula is C26H33N5O2. The summed E-state index contributed by atoms with van der Waals surface area (Å²) in [6.45, 7) is 9.38. The van der Waals surface area contributed by atoms with Crippen LogP contribution in [-0.4, -0.2) is 64.3 Å². The molecule has 1 aromatic carbocycles. The number of rotatable bonds is 8. The topological polar surface area (TPSA) is 69.6 Å². The zero-order valence-corrected chi connectivity index (χ0v) is 19.9. The number of carbonyl (C=O) groups excluding carboxylic acids is 2. The Bertz CT molecular complexity index is 1040. The minimum Gasteiger partial charge on any atom is -0.363 e. The Morgan fingerprint density at radius 3 is 2.24 bits per heavy atom. The maximum absolute atomic E-state index is 13.6. The summed E-state index contributed by atoms with van der Waals surface area (Å²) in [4.78, 5) is 41.5. The van der Waals surface area contributed by atoms with E-state index in [-0.39, 0.29) is 11.8 Å². The van der Waals surface area contributed by atoms with Gasteiger partial charge in [0.2, 0.25) is 5.95 Å². The highest BCUT2D eigenvalue weighted by Gasteiger charge is 2.42. The Morgan fingerprint density at radius 1 is 0.879 bits per heavy atom. The van der Waals surface area contributed by atoms with Crippen LogP contribution in [0.2, 0.25) is 0 Å². The number of aromatic nitrogens is 2. The molecule has 2 aliphatic heterocycles. The normalized spacial score (nSPS) is 16.9. The van der Waals surface area contributed by atoms with Crippen LogP contribution in [0.5, 0.6) is 0 Å². The van der Waals surface area contributed by atoms with E-state index >= 15 is 0 Å². The summed E-state index contributed by atoms with van der Waals surface area (Å²) >= 11 is 0. The minimum absolute atomic E-state index is 0.157. The SMILES string of the molecule is CCCCCCN1C(=O)C(c2ccc(C)cc2C)=C(N2CCN(c3ncccn3)CC2)C1=O. The number of imide groups is 1. The van der Waals surface area contributed by atoms with Gasteiger partial charge >= 0.3 is 0 Å². The number of piperazine rings is 1.